The number of ether oxygens (including phenoxy) is 1. The van der Waals surface area contributed by atoms with E-state index in [1.165, 1.54) is 24.3 Å². The van der Waals surface area contributed by atoms with E-state index < -0.39 is 17.6 Å². The first-order chi connectivity index (χ1) is 13.2. The maximum absolute atomic E-state index is 12.8. The summed E-state index contributed by atoms with van der Waals surface area (Å²) in [6.45, 7) is 2.56. The van der Waals surface area contributed by atoms with Gasteiger partial charge in [-0.25, -0.2) is 0 Å². The lowest BCUT2D eigenvalue weighted by atomic mass is 10.1. The summed E-state index contributed by atoms with van der Waals surface area (Å²) < 4.78 is 44.0. The lowest BCUT2D eigenvalue weighted by Crippen LogP contribution is -2.13. The van der Waals surface area contributed by atoms with Crippen molar-refractivity contribution >= 4 is 34.8 Å². The number of nitrogens with one attached hydrogen (secondary N) is 1. The van der Waals surface area contributed by atoms with Crippen molar-refractivity contribution in [3.8, 4) is 5.75 Å². The van der Waals surface area contributed by atoms with E-state index in [1.54, 1.807) is 0 Å². The Morgan fingerprint density at radius 3 is 2.36 bits per heavy atom. The van der Waals surface area contributed by atoms with Crippen molar-refractivity contribution in [1.29, 1.82) is 0 Å². The Kier molecular flexibility index (Phi) is 8.01. The van der Waals surface area contributed by atoms with Gasteiger partial charge in [-0.1, -0.05) is 55.5 Å². The molecule has 0 aliphatic heterocycles. The summed E-state index contributed by atoms with van der Waals surface area (Å²) in [6, 6.07) is 7.11. The summed E-state index contributed by atoms with van der Waals surface area (Å²) in [4.78, 5) is 12.4. The molecule has 0 radical (unpaired) electrons. The minimum Gasteiger partial charge on any atom is -0.490 e. The number of anilines is 1. The molecule has 0 fully saturated rings. The molecule has 0 saturated heterocycles. The van der Waals surface area contributed by atoms with E-state index in [0.717, 1.165) is 37.8 Å². The fourth-order valence-corrected chi connectivity index (χ4v) is 3.10. The van der Waals surface area contributed by atoms with Gasteiger partial charge in [0, 0.05) is 11.3 Å². The van der Waals surface area contributed by atoms with Crippen molar-refractivity contribution < 1.29 is 22.7 Å². The quantitative estimate of drug-likeness (QED) is 0.446. The second-order valence-corrected chi connectivity index (χ2v) is 7.03. The molecule has 2 aromatic rings. The number of halogens is 5. The van der Waals surface area contributed by atoms with Crippen LogP contribution in [-0.2, 0) is 6.18 Å². The Labute approximate surface area is 171 Å². The molecule has 0 unspecified atom stereocenters. The number of alkyl halides is 3. The van der Waals surface area contributed by atoms with Gasteiger partial charge in [-0.05, 0) is 36.8 Å². The molecule has 0 bridgehead atoms. The average Bonchev–Trinajstić information content (AvgIpc) is 2.62. The SMILES string of the molecule is CCCCCCOc1c(Cl)cc(C(=O)Nc2cccc(C(F)(F)F)c2)cc1Cl. The minimum atomic E-state index is -4.50. The van der Waals surface area contributed by atoms with Crippen molar-refractivity contribution in [2.24, 2.45) is 0 Å². The molecule has 1 amide bonds. The molecular weight excluding hydrogens is 414 g/mol. The largest absolute Gasteiger partial charge is 0.490 e. The monoisotopic (exact) mass is 433 g/mol. The Hall–Kier alpha value is -1.92. The zero-order valence-corrected chi connectivity index (χ0v) is 16.7. The third-order valence-corrected chi connectivity index (χ3v) is 4.51. The molecule has 28 heavy (non-hydrogen) atoms. The van der Waals surface area contributed by atoms with Gasteiger partial charge in [-0.15, -0.1) is 0 Å². The first-order valence-electron chi connectivity index (χ1n) is 8.83. The van der Waals surface area contributed by atoms with Crippen LogP contribution in [0.5, 0.6) is 5.75 Å². The van der Waals surface area contributed by atoms with Crippen LogP contribution in [0.4, 0.5) is 18.9 Å². The number of carbonyl (C=O) groups is 1. The molecule has 0 aliphatic carbocycles. The van der Waals surface area contributed by atoms with Gasteiger partial charge in [-0.2, -0.15) is 13.2 Å². The third kappa shape index (κ3) is 6.31. The van der Waals surface area contributed by atoms with Crippen molar-refractivity contribution in [2.75, 3.05) is 11.9 Å². The molecule has 152 valence electrons. The van der Waals surface area contributed by atoms with Crippen LogP contribution < -0.4 is 10.1 Å². The number of carbonyl (C=O) groups excluding carboxylic acids is 1. The molecule has 8 heteroatoms. The highest BCUT2D eigenvalue weighted by Crippen LogP contribution is 2.35. The number of hydrogen-bond donors (Lipinski definition) is 1. The van der Waals surface area contributed by atoms with Crippen LogP contribution in [0, 0.1) is 0 Å². The highest BCUT2D eigenvalue weighted by molar-refractivity contribution is 6.37. The van der Waals surface area contributed by atoms with E-state index in [-0.39, 0.29) is 27.0 Å². The molecule has 1 N–H and O–H groups in total. The summed E-state index contributed by atoms with van der Waals surface area (Å²) >= 11 is 12.3. The van der Waals surface area contributed by atoms with Crippen molar-refractivity contribution in [3.63, 3.8) is 0 Å². The Bertz CT molecular complexity index is 802. The normalized spacial score (nSPS) is 11.4. The zero-order chi connectivity index (χ0) is 20.7. The van der Waals surface area contributed by atoms with E-state index in [0.29, 0.717) is 6.61 Å². The molecule has 2 aromatic carbocycles. The van der Waals surface area contributed by atoms with Crippen LogP contribution in [0.1, 0.15) is 48.5 Å². The topological polar surface area (TPSA) is 38.3 Å². The van der Waals surface area contributed by atoms with E-state index in [1.807, 2.05) is 0 Å². The maximum atomic E-state index is 12.8. The summed E-state index contributed by atoms with van der Waals surface area (Å²) in [5.41, 5.74) is -0.720. The summed E-state index contributed by atoms with van der Waals surface area (Å²) in [5, 5.41) is 2.74. The van der Waals surface area contributed by atoms with Gasteiger partial charge in [0.2, 0.25) is 0 Å². The molecule has 0 spiro atoms. The second kappa shape index (κ2) is 10.0. The number of hydrogen-bond acceptors (Lipinski definition) is 2. The predicted octanol–water partition coefficient (Wildman–Crippen LogP) is 7.22. The highest BCUT2D eigenvalue weighted by Gasteiger charge is 2.30. The number of benzene rings is 2. The molecular formula is C20H20Cl2F3NO2. The van der Waals surface area contributed by atoms with Gasteiger partial charge >= 0.3 is 6.18 Å². The number of rotatable bonds is 8. The standard InChI is InChI=1S/C20H20Cl2F3NO2/c1-2-3-4-5-9-28-18-16(21)10-13(11-17(18)22)19(27)26-15-8-6-7-14(12-15)20(23,24)25/h6-8,10-12H,2-5,9H2,1H3,(H,26,27). The Morgan fingerprint density at radius 1 is 1.07 bits per heavy atom. The zero-order valence-electron chi connectivity index (χ0n) is 15.2. The van der Waals surface area contributed by atoms with Gasteiger partial charge in [-0.3, -0.25) is 4.79 Å². The van der Waals surface area contributed by atoms with Gasteiger partial charge in [0.1, 0.15) is 0 Å². The summed E-state index contributed by atoms with van der Waals surface area (Å²) in [6.07, 6.45) is -0.387. The van der Waals surface area contributed by atoms with Crippen LogP contribution in [0.3, 0.4) is 0 Å². The molecule has 0 aliphatic rings. The third-order valence-electron chi connectivity index (χ3n) is 3.95. The smallest absolute Gasteiger partial charge is 0.416 e. The van der Waals surface area contributed by atoms with Crippen LogP contribution >= 0.6 is 23.2 Å². The Balaban J connectivity index is 2.08. The van der Waals surface area contributed by atoms with Gasteiger partial charge in [0.15, 0.2) is 5.75 Å². The molecule has 0 heterocycles. The van der Waals surface area contributed by atoms with Crippen LogP contribution in [0.2, 0.25) is 10.0 Å². The van der Waals surface area contributed by atoms with E-state index in [4.69, 9.17) is 27.9 Å². The first kappa shape index (κ1) is 22.4. The van der Waals surface area contributed by atoms with Gasteiger partial charge in [0.25, 0.3) is 5.91 Å². The minimum absolute atomic E-state index is 0.0170. The van der Waals surface area contributed by atoms with E-state index in [2.05, 4.69) is 12.2 Å². The van der Waals surface area contributed by atoms with E-state index >= 15 is 0 Å². The fourth-order valence-electron chi connectivity index (χ4n) is 2.51. The lowest BCUT2D eigenvalue weighted by molar-refractivity contribution is -0.137. The van der Waals surface area contributed by atoms with Crippen molar-refractivity contribution in [2.45, 2.75) is 38.8 Å². The van der Waals surface area contributed by atoms with Gasteiger partial charge < -0.3 is 10.1 Å². The maximum Gasteiger partial charge on any atom is 0.416 e. The van der Waals surface area contributed by atoms with Crippen LogP contribution in [-0.4, -0.2) is 12.5 Å². The molecule has 0 aromatic heterocycles. The lowest BCUT2D eigenvalue weighted by Gasteiger charge is -2.13. The first-order valence-corrected chi connectivity index (χ1v) is 9.58. The van der Waals surface area contributed by atoms with Crippen LogP contribution in [0.15, 0.2) is 36.4 Å². The Morgan fingerprint density at radius 2 is 1.75 bits per heavy atom. The highest BCUT2D eigenvalue weighted by atomic mass is 35.5. The summed E-state index contributed by atoms with van der Waals surface area (Å²) in [5.74, 6) is -0.340. The second-order valence-electron chi connectivity index (χ2n) is 6.21. The average molecular weight is 434 g/mol. The predicted molar refractivity (Wildman–Crippen MR) is 105 cm³/mol. The van der Waals surface area contributed by atoms with Crippen molar-refractivity contribution in [1.82, 2.24) is 0 Å². The molecule has 0 saturated carbocycles. The molecule has 0 atom stereocenters. The summed E-state index contributed by atoms with van der Waals surface area (Å²) in [7, 11) is 0. The van der Waals surface area contributed by atoms with Crippen LogP contribution in [0.25, 0.3) is 0 Å². The molecule has 2 rings (SSSR count). The van der Waals surface area contributed by atoms with E-state index in [9.17, 15) is 18.0 Å². The number of unbranched alkanes of at least 4 members (excludes halogenated alkanes) is 3. The number of amides is 1. The van der Waals surface area contributed by atoms with Gasteiger partial charge in [0.05, 0.1) is 22.2 Å². The van der Waals surface area contributed by atoms with Crippen molar-refractivity contribution in [3.05, 3.63) is 57.6 Å². The molecule has 3 nitrogen and oxygen atoms in total. The fraction of sp³-hybridized carbons (Fsp3) is 0.350.